The van der Waals surface area contributed by atoms with Crippen LogP contribution in [0, 0.1) is 29.1 Å². The Morgan fingerprint density at radius 3 is 1.78 bits per heavy atom. The number of aryl methyl sites for hydroxylation is 1. The molecule has 2 aromatic rings. The van der Waals surface area contributed by atoms with Gasteiger partial charge in [-0.25, -0.2) is 22.0 Å². The quantitative estimate of drug-likeness (QED) is 0.363. The van der Waals surface area contributed by atoms with E-state index in [1.807, 2.05) is 24.4 Å². The van der Waals surface area contributed by atoms with Crippen LogP contribution in [0.3, 0.4) is 0 Å². The smallest absolute Gasteiger partial charge is 0.200 e. The van der Waals surface area contributed by atoms with E-state index in [4.69, 9.17) is 12.2 Å². The molecule has 0 radical (unpaired) electrons. The van der Waals surface area contributed by atoms with E-state index in [1.165, 1.54) is 0 Å². The maximum Gasteiger partial charge on any atom is 0.200 e. The zero-order chi connectivity index (χ0) is 17.1. The minimum Gasteiger partial charge on any atom is -0.332 e. The first kappa shape index (κ1) is 17.1. The molecule has 2 N–H and O–H groups in total. The topological polar surface area (TPSA) is 24.1 Å². The standard InChI is InChI=1S/C15H11F5N2S/c1-2-7-3-5-8(6-4-7)21-15(23)22-14-12(19)10(17)9(16)11(18)13(14)20/h3-6H,2H2,1H3,(H2,21,22,23). The summed E-state index contributed by atoms with van der Waals surface area (Å²) in [5.74, 6) is -10.3. The lowest BCUT2D eigenvalue weighted by Crippen LogP contribution is -2.22. The average Bonchev–Trinajstić information content (AvgIpc) is 2.56. The molecule has 0 bridgehead atoms. The molecule has 0 saturated carbocycles. The molecule has 23 heavy (non-hydrogen) atoms. The molecule has 0 aliphatic heterocycles. The molecular formula is C15H11F5N2S. The van der Waals surface area contributed by atoms with Crippen LogP contribution in [0.15, 0.2) is 24.3 Å². The highest BCUT2D eigenvalue weighted by Gasteiger charge is 2.26. The van der Waals surface area contributed by atoms with Crippen molar-refractivity contribution in [2.75, 3.05) is 10.6 Å². The Hall–Kier alpha value is -2.22. The lowest BCUT2D eigenvalue weighted by atomic mass is 10.1. The van der Waals surface area contributed by atoms with Crippen molar-refractivity contribution in [3.63, 3.8) is 0 Å². The van der Waals surface area contributed by atoms with Gasteiger partial charge in [-0.3, -0.25) is 0 Å². The summed E-state index contributed by atoms with van der Waals surface area (Å²) < 4.78 is 66.2. The zero-order valence-electron chi connectivity index (χ0n) is 11.8. The summed E-state index contributed by atoms with van der Waals surface area (Å²) in [4.78, 5) is 0. The number of thiocarbonyl (C=S) groups is 1. The first-order chi connectivity index (χ1) is 10.8. The normalized spacial score (nSPS) is 10.5. The lowest BCUT2D eigenvalue weighted by molar-refractivity contribution is 0.382. The Kier molecular flexibility index (Phi) is 5.15. The van der Waals surface area contributed by atoms with Crippen molar-refractivity contribution in [1.29, 1.82) is 0 Å². The van der Waals surface area contributed by atoms with Gasteiger partial charge in [-0.05, 0) is 36.3 Å². The third kappa shape index (κ3) is 3.58. The monoisotopic (exact) mass is 346 g/mol. The van der Waals surface area contributed by atoms with E-state index in [9.17, 15) is 22.0 Å². The van der Waals surface area contributed by atoms with Crippen LogP contribution in [0.1, 0.15) is 12.5 Å². The summed E-state index contributed by atoms with van der Waals surface area (Å²) in [6, 6.07) is 6.96. The molecule has 0 aliphatic rings. The molecule has 2 aromatic carbocycles. The number of anilines is 2. The van der Waals surface area contributed by atoms with Gasteiger partial charge in [-0.1, -0.05) is 19.1 Å². The van der Waals surface area contributed by atoms with Gasteiger partial charge in [-0.15, -0.1) is 0 Å². The van der Waals surface area contributed by atoms with Crippen molar-refractivity contribution in [2.24, 2.45) is 0 Å². The van der Waals surface area contributed by atoms with Crippen LogP contribution in [-0.4, -0.2) is 5.11 Å². The molecule has 0 aromatic heterocycles. The molecule has 0 fully saturated rings. The summed E-state index contributed by atoms with van der Waals surface area (Å²) in [7, 11) is 0. The van der Waals surface area contributed by atoms with E-state index in [2.05, 4.69) is 5.32 Å². The molecule has 122 valence electrons. The SMILES string of the molecule is CCc1ccc(NC(=S)Nc2c(F)c(F)c(F)c(F)c2F)cc1. The van der Waals surface area contributed by atoms with Crippen molar-refractivity contribution in [1.82, 2.24) is 0 Å². The second-order valence-corrected chi connectivity index (χ2v) is 4.98. The highest BCUT2D eigenvalue weighted by atomic mass is 32.1. The second kappa shape index (κ2) is 6.91. The average molecular weight is 346 g/mol. The van der Waals surface area contributed by atoms with Crippen molar-refractivity contribution in [2.45, 2.75) is 13.3 Å². The fraction of sp³-hybridized carbons (Fsp3) is 0.133. The van der Waals surface area contributed by atoms with Gasteiger partial charge in [0.05, 0.1) is 0 Å². The Morgan fingerprint density at radius 1 is 0.826 bits per heavy atom. The Labute approximate surface area is 134 Å². The van der Waals surface area contributed by atoms with E-state index in [0.717, 1.165) is 12.0 Å². The van der Waals surface area contributed by atoms with Gasteiger partial charge in [0.1, 0.15) is 5.69 Å². The van der Waals surface area contributed by atoms with E-state index in [0.29, 0.717) is 5.69 Å². The van der Waals surface area contributed by atoms with Crippen LogP contribution in [-0.2, 0) is 6.42 Å². The van der Waals surface area contributed by atoms with Gasteiger partial charge in [0.15, 0.2) is 28.4 Å². The first-order valence-electron chi connectivity index (χ1n) is 6.53. The van der Waals surface area contributed by atoms with E-state index in [1.54, 1.807) is 12.1 Å². The highest BCUT2D eigenvalue weighted by Crippen LogP contribution is 2.27. The van der Waals surface area contributed by atoms with Crippen molar-refractivity contribution >= 4 is 28.7 Å². The molecule has 0 unspecified atom stereocenters. The predicted octanol–water partition coefficient (Wildman–Crippen LogP) is 4.75. The number of nitrogens with one attached hydrogen (secondary N) is 2. The number of halogens is 5. The molecule has 2 rings (SSSR count). The van der Waals surface area contributed by atoms with E-state index < -0.39 is 34.8 Å². The van der Waals surface area contributed by atoms with Crippen molar-refractivity contribution in [3.05, 3.63) is 58.9 Å². The zero-order valence-corrected chi connectivity index (χ0v) is 12.6. The highest BCUT2D eigenvalue weighted by molar-refractivity contribution is 7.80. The first-order valence-corrected chi connectivity index (χ1v) is 6.94. The number of benzene rings is 2. The third-order valence-corrected chi connectivity index (χ3v) is 3.27. The van der Waals surface area contributed by atoms with Gasteiger partial charge in [0, 0.05) is 5.69 Å². The predicted molar refractivity (Wildman–Crippen MR) is 81.9 cm³/mol. The van der Waals surface area contributed by atoms with Crippen LogP contribution < -0.4 is 10.6 Å². The lowest BCUT2D eigenvalue weighted by Gasteiger charge is -2.13. The number of rotatable bonds is 3. The fourth-order valence-corrected chi connectivity index (χ4v) is 2.03. The Bertz CT molecular complexity index is 718. The fourth-order valence-electron chi connectivity index (χ4n) is 1.81. The van der Waals surface area contributed by atoms with Crippen LogP contribution in [0.5, 0.6) is 0 Å². The molecule has 0 spiro atoms. The Morgan fingerprint density at radius 2 is 1.30 bits per heavy atom. The van der Waals surface area contributed by atoms with Gasteiger partial charge >= 0.3 is 0 Å². The van der Waals surface area contributed by atoms with E-state index >= 15 is 0 Å². The van der Waals surface area contributed by atoms with Crippen LogP contribution in [0.25, 0.3) is 0 Å². The molecule has 0 amide bonds. The minimum absolute atomic E-state index is 0.308. The minimum atomic E-state index is -2.22. The summed E-state index contributed by atoms with van der Waals surface area (Å²) in [5, 5.41) is 4.28. The molecule has 0 atom stereocenters. The molecular weight excluding hydrogens is 335 g/mol. The summed E-state index contributed by atoms with van der Waals surface area (Å²) >= 11 is 4.82. The van der Waals surface area contributed by atoms with Gasteiger partial charge in [-0.2, -0.15) is 0 Å². The molecule has 0 aliphatic carbocycles. The number of hydrogen-bond acceptors (Lipinski definition) is 1. The molecule has 0 saturated heterocycles. The summed E-state index contributed by atoms with van der Waals surface area (Å²) in [6.45, 7) is 1.97. The van der Waals surface area contributed by atoms with Crippen LogP contribution in [0.2, 0.25) is 0 Å². The van der Waals surface area contributed by atoms with Crippen LogP contribution in [0.4, 0.5) is 33.3 Å². The largest absolute Gasteiger partial charge is 0.332 e. The third-order valence-electron chi connectivity index (χ3n) is 3.07. The van der Waals surface area contributed by atoms with Gasteiger partial charge in [0.25, 0.3) is 0 Å². The van der Waals surface area contributed by atoms with E-state index in [-0.39, 0.29) is 5.11 Å². The molecule has 0 heterocycles. The Balaban J connectivity index is 2.20. The molecule has 2 nitrogen and oxygen atoms in total. The number of hydrogen-bond donors (Lipinski definition) is 2. The maximum atomic E-state index is 13.5. The van der Waals surface area contributed by atoms with Crippen molar-refractivity contribution < 1.29 is 22.0 Å². The maximum absolute atomic E-state index is 13.5. The van der Waals surface area contributed by atoms with Gasteiger partial charge in [0.2, 0.25) is 5.82 Å². The summed E-state index contributed by atoms with van der Waals surface area (Å²) in [6.07, 6.45) is 0.827. The van der Waals surface area contributed by atoms with Crippen LogP contribution >= 0.6 is 12.2 Å². The second-order valence-electron chi connectivity index (χ2n) is 4.57. The van der Waals surface area contributed by atoms with Crippen molar-refractivity contribution in [3.8, 4) is 0 Å². The van der Waals surface area contributed by atoms with Gasteiger partial charge < -0.3 is 10.6 Å². The molecule has 8 heteroatoms. The summed E-state index contributed by atoms with van der Waals surface area (Å²) in [5.41, 5.74) is 0.363.